The maximum absolute atomic E-state index is 5.28. The maximum atomic E-state index is 5.28. The molecule has 3 heteroatoms. The molecule has 3 aromatic heterocycles. The van der Waals surface area contributed by atoms with E-state index in [1.54, 1.807) is 0 Å². The van der Waals surface area contributed by atoms with Gasteiger partial charge < -0.3 is 0 Å². The molecule has 0 radical (unpaired) electrons. The number of aromatic nitrogens is 2. The third-order valence-corrected chi connectivity index (χ3v) is 11.6. The average molecular weight is 653 g/mol. The molecule has 0 spiro atoms. The Morgan fingerprint density at radius 3 is 1.64 bits per heavy atom. The van der Waals surface area contributed by atoms with Gasteiger partial charge in [0.05, 0.1) is 16.7 Å². The highest BCUT2D eigenvalue weighted by Crippen LogP contribution is 2.43. The summed E-state index contributed by atoms with van der Waals surface area (Å²) in [5.41, 5.74) is 6.94. The van der Waals surface area contributed by atoms with Gasteiger partial charge in [0.2, 0.25) is 0 Å². The first kappa shape index (κ1) is 27.6. The molecule has 0 unspecified atom stereocenters. The van der Waals surface area contributed by atoms with Crippen molar-refractivity contribution in [3.05, 3.63) is 170 Å². The lowest BCUT2D eigenvalue weighted by molar-refractivity contribution is 1.08. The van der Waals surface area contributed by atoms with Crippen LogP contribution in [-0.2, 0) is 0 Å². The molecule has 0 fully saturated rings. The van der Waals surface area contributed by atoms with Crippen molar-refractivity contribution < 1.29 is 0 Å². The molecule has 50 heavy (non-hydrogen) atoms. The lowest BCUT2D eigenvalue weighted by Gasteiger charge is -2.14. The van der Waals surface area contributed by atoms with E-state index in [0.717, 1.165) is 28.1 Å². The highest BCUT2D eigenvalue weighted by Gasteiger charge is 2.16. The van der Waals surface area contributed by atoms with E-state index in [0.29, 0.717) is 0 Å². The van der Waals surface area contributed by atoms with Crippen molar-refractivity contribution in [2.45, 2.75) is 0 Å². The number of thiophene rings is 1. The second kappa shape index (κ2) is 10.6. The number of nitrogens with zero attached hydrogens (tertiary/aromatic N) is 2. The minimum absolute atomic E-state index is 0.921. The van der Waals surface area contributed by atoms with Crippen LogP contribution >= 0.6 is 11.3 Å². The van der Waals surface area contributed by atoms with Gasteiger partial charge >= 0.3 is 0 Å². The normalized spacial score (nSPS) is 12.0. The van der Waals surface area contributed by atoms with Gasteiger partial charge in [-0.15, -0.1) is 11.3 Å². The molecule has 232 valence electrons. The third-order valence-electron chi connectivity index (χ3n) is 10.4. The first-order valence-corrected chi connectivity index (χ1v) is 17.9. The lowest BCUT2D eigenvalue weighted by atomic mass is 9.90. The Morgan fingerprint density at radius 1 is 0.380 bits per heavy atom. The summed E-state index contributed by atoms with van der Waals surface area (Å²) in [5, 5.41) is 12.7. The average Bonchev–Trinajstić information content (AvgIpc) is 3.74. The second-order valence-corrected chi connectivity index (χ2v) is 14.1. The van der Waals surface area contributed by atoms with E-state index in [1.165, 1.54) is 74.4 Å². The Bertz CT molecular complexity index is 3090. The van der Waals surface area contributed by atoms with Crippen LogP contribution in [0.3, 0.4) is 0 Å². The van der Waals surface area contributed by atoms with Crippen LogP contribution in [0.25, 0.3) is 102 Å². The lowest BCUT2D eigenvalue weighted by Crippen LogP contribution is -1.98. The van der Waals surface area contributed by atoms with Crippen molar-refractivity contribution >= 4 is 85.6 Å². The molecule has 0 N–H and O–H groups in total. The summed E-state index contributed by atoms with van der Waals surface area (Å²) in [6.45, 7) is 0. The van der Waals surface area contributed by atoms with E-state index < -0.39 is 0 Å². The predicted octanol–water partition coefficient (Wildman–Crippen LogP) is 13.3. The number of fused-ring (bicyclic) bond motifs is 12. The summed E-state index contributed by atoms with van der Waals surface area (Å²) < 4.78 is 4.96. The topological polar surface area (TPSA) is 17.8 Å². The fraction of sp³-hybridized carbons (Fsp3) is 0. The molecule has 0 aliphatic carbocycles. The highest BCUT2D eigenvalue weighted by molar-refractivity contribution is 7.26. The van der Waals surface area contributed by atoms with E-state index >= 15 is 0 Å². The zero-order valence-corrected chi connectivity index (χ0v) is 27.8. The van der Waals surface area contributed by atoms with E-state index in [4.69, 9.17) is 4.98 Å². The van der Waals surface area contributed by atoms with Gasteiger partial charge in [-0.05, 0) is 85.9 Å². The van der Waals surface area contributed by atoms with Gasteiger partial charge in [-0.2, -0.15) is 0 Å². The first-order valence-electron chi connectivity index (χ1n) is 17.0. The monoisotopic (exact) mass is 652 g/mol. The molecule has 0 aliphatic rings. The van der Waals surface area contributed by atoms with Crippen molar-refractivity contribution in [2.24, 2.45) is 0 Å². The van der Waals surface area contributed by atoms with Gasteiger partial charge in [0.1, 0.15) is 5.82 Å². The van der Waals surface area contributed by atoms with E-state index in [9.17, 15) is 0 Å². The largest absolute Gasteiger partial charge is 0.294 e. The van der Waals surface area contributed by atoms with Crippen LogP contribution in [0.2, 0.25) is 0 Å². The molecule has 0 aliphatic heterocycles. The summed E-state index contributed by atoms with van der Waals surface area (Å²) in [5.74, 6) is 0.921. The van der Waals surface area contributed by atoms with Crippen molar-refractivity contribution in [1.82, 2.24) is 9.55 Å². The molecule has 0 saturated carbocycles. The maximum Gasteiger partial charge on any atom is 0.138 e. The fourth-order valence-electron chi connectivity index (χ4n) is 8.14. The Morgan fingerprint density at radius 2 is 0.920 bits per heavy atom. The van der Waals surface area contributed by atoms with Crippen LogP contribution in [0.15, 0.2) is 170 Å². The van der Waals surface area contributed by atoms with Crippen LogP contribution < -0.4 is 0 Å². The van der Waals surface area contributed by atoms with Crippen LogP contribution in [0, 0.1) is 0 Å². The van der Waals surface area contributed by atoms with E-state index in [1.807, 2.05) is 11.3 Å². The smallest absolute Gasteiger partial charge is 0.138 e. The summed E-state index contributed by atoms with van der Waals surface area (Å²) in [6.07, 6.45) is 0. The SMILES string of the molecule is c1cc(-c2ccc3c4ccc(-c5cccc6c5sc5ccccc56)cc4c4ccccc4c3c2)nc(-n2c3ccccc3c3ccccc32)c1. The summed E-state index contributed by atoms with van der Waals surface area (Å²) in [4.78, 5) is 5.28. The number of pyridine rings is 1. The first-order chi connectivity index (χ1) is 24.8. The third kappa shape index (κ3) is 3.98. The number of para-hydroxylation sites is 2. The van der Waals surface area contributed by atoms with E-state index in [-0.39, 0.29) is 0 Å². The zero-order valence-electron chi connectivity index (χ0n) is 27.0. The molecule has 8 aromatic carbocycles. The second-order valence-electron chi connectivity index (χ2n) is 13.1. The van der Waals surface area contributed by atoms with Crippen LogP contribution in [0.5, 0.6) is 0 Å². The fourth-order valence-corrected chi connectivity index (χ4v) is 9.37. The molecule has 0 amide bonds. The predicted molar refractivity (Wildman–Crippen MR) is 215 cm³/mol. The number of benzene rings is 8. The number of rotatable bonds is 3. The Labute approximate surface area is 292 Å². The van der Waals surface area contributed by atoms with Crippen LogP contribution in [-0.4, -0.2) is 9.55 Å². The summed E-state index contributed by atoms with van der Waals surface area (Å²) >= 11 is 1.89. The van der Waals surface area contributed by atoms with Gasteiger partial charge in [-0.1, -0.05) is 127 Å². The van der Waals surface area contributed by atoms with Crippen LogP contribution in [0.4, 0.5) is 0 Å². The number of hydrogen-bond donors (Lipinski definition) is 0. The summed E-state index contributed by atoms with van der Waals surface area (Å²) in [7, 11) is 0. The van der Waals surface area contributed by atoms with Crippen LogP contribution in [0.1, 0.15) is 0 Å². The van der Waals surface area contributed by atoms with Crippen molar-refractivity contribution in [1.29, 1.82) is 0 Å². The molecule has 11 aromatic rings. The van der Waals surface area contributed by atoms with Crippen molar-refractivity contribution in [3.63, 3.8) is 0 Å². The molecule has 11 rings (SSSR count). The summed E-state index contributed by atoms with van der Waals surface area (Å²) in [6, 6.07) is 61.8. The van der Waals surface area contributed by atoms with Gasteiger partial charge in [0, 0.05) is 36.5 Å². The molecule has 0 bridgehead atoms. The van der Waals surface area contributed by atoms with Crippen molar-refractivity contribution in [3.8, 4) is 28.2 Å². The molecule has 0 saturated heterocycles. The minimum Gasteiger partial charge on any atom is -0.294 e. The zero-order chi connectivity index (χ0) is 32.8. The standard InChI is InChI=1S/C47H28N2S/c1-2-12-33-32(11-1)40-27-29(31-16-9-17-39-38-15-5-8-21-45(38)50-47(31)39)23-25-34(40)35-26-24-30(28-41(33)35)42-18-10-22-46(48-42)49-43-19-6-3-13-36(43)37-14-4-7-20-44(37)49/h1-28H. The van der Waals surface area contributed by atoms with Crippen molar-refractivity contribution in [2.75, 3.05) is 0 Å². The van der Waals surface area contributed by atoms with Gasteiger partial charge in [-0.3, -0.25) is 4.57 Å². The Kier molecular flexibility index (Phi) is 5.86. The Hall–Kier alpha value is -6.29. The molecular weight excluding hydrogens is 625 g/mol. The van der Waals surface area contributed by atoms with E-state index in [2.05, 4.69) is 174 Å². The Balaban J connectivity index is 1.09. The molecule has 0 atom stereocenters. The highest BCUT2D eigenvalue weighted by atomic mass is 32.1. The molecule has 2 nitrogen and oxygen atoms in total. The van der Waals surface area contributed by atoms with Gasteiger partial charge in [-0.25, -0.2) is 4.98 Å². The minimum atomic E-state index is 0.921. The number of hydrogen-bond acceptors (Lipinski definition) is 2. The van der Waals surface area contributed by atoms with Gasteiger partial charge in [0.25, 0.3) is 0 Å². The quantitative estimate of drug-likeness (QED) is 0.174. The molecular formula is C47H28N2S. The van der Waals surface area contributed by atoms with Gasteiger partial charge in [0.15, 0.2) is 0 Å². The molecule has 3 heterocycles.